The van der Waals surface area contributed by atoms with Gasteiger partial charge in [0.25, 0.3) is 0 Å². The van der Waals surface area contributed by atoms with Crippen LogP contribution in [0.15, 0.2) is 0 Å². The highest BCUT2D eigenvalue weighted by atomic mass is 16.5. The summed E-state index contributed by atoms with van der Waals surface area (Å²) in [4.78, 5) is 2.63. The maximum Gasteiger partial charge on any atom is 0.0494 e. The van der Waals surface area contributed by atoms with Gasteiger partial charge in [0.2, 0.25) is 0 Å². The monoisotopic (exact) mass is 268 g/mol. The Morgan fingerprint density at radius 3 is 2.63 bits per heavy atom. The maximum atomic E-state index is 5.74. The Morgan fingerprint density at radius 1 is 1.26 bits per heavy atom. The van der Waals surface area contributed by atoms with Crippen LogP contribution in [0.25, 0.3) is 0 Å². The molecule has 2 unspecified atom stereocenters. The zero-order valence-electron chi connectivity index (χ0n) is 13.2. The first-order chi connectivity index (χ1) is 8.97. The van der Waals surface area contributed by atoms with E-state index in [4.69, 9.17) is 4.74 Å². The Balaban J connectivity index is 1.65. The molecule has 0 radical (unpaired) electrons. The van der Waals surface area contributed by atoms with E-state index in [0.717, 1.165) is 25.7 Å². The van der Waals surface area contributed by atoms with Crippen molar-refractivity contribution in [2.24, 2.45) is 11.3 Å². The molecule has 2 fully saturated rings. The van der Waals surface area contributed by atoms with Crippen molar-refractivity contribution in [2.75, 3.05) is 32.8 Å². The van der Waals surface area contributed by atoms with Crippen molar-refractivity contribution in [3.63, 3.8) is 0 Å². The predicted molar refractivity (Wildman–Crippen MR) is 80.4 cm³/mol. The average Bonchev–Trinajstić information content (AvgIpc) is 3.13. The summed E-state index contributed by atoms with van der Waals surface area (Å²) in [5.41, 5.74) is 0.348. The van der Waals surface area contributed by atoms with Crippen LogP contribution in [0.4, 0.5) is 0 Å². The Hall–Kier alpha value is -0.120. The Bertz CT molecular complexity index is 270. The summed E-state index contributed by atoms with van der Waals surface area (Å²) >= 11 is 0. The lowest BCUT2D eigenvalue weighted by atomic mass is 9.85. The molecule has 112 valence electrons. The number of ether oxygens (including phenoxy) is 1. The smallest absolute Gasteiger partial charge is 0.0494 e. The van der Waals surface area contributed by atoms with Crippen molar-refractivity contribution >= 4 is 0 Å². The van der Waals surface area contributed by atoms with Crippen LogP contribution in [-0.4, -0.2) is 49.8 Å². The molecule has 3 heteroatoms. The van der Waals surface area contributed by atoms with Crippen molar-refractivity contribution in [3.05, 3.63) is 0 Å². The molecule has 1 aliphatic carbocycles. The summed E-state index contributed by atoms with van der Waals surface area (Å²) in [6.45, 7) is 14.7. The largest absolute Gasteiger partial charge is 0.381 e. The molecular formula is C16H32N2O. The quantitative estimate of drug-likeness (QED) is 0.749. The van der Waals surface area contributed by atoms with Crippen LogP contribution in [0.2, 0.25) is 0 Å². The summed E-state index contributed by atoms with van der Waals surface area (Å²) in [6.07, 6.45) is 3.96. The second kappa shape index (κ2) is 6.55. The molecule has 2 rings (SSSR count). The summed E-state index contributed by atoms with van der Waals surface area (Å²) in [6, 6.07) is 1.26. The molecule has 2 atom stereocenters. The minimum Gasteiger partial charge on any atom is -0.381 e. The molecule has 1 saturated heterocycles. The summed E-state index contributed by atoms with van der Waals surface area (Å²) in [5.74, 6) is 0.892. The van der Waals surface area contributed by atoms with Crippen molar-refractivity contribution in [2.45, 2.75) is 59.0 Å². The lowest BCUT2D eigenvalue weighted by molar-refractivity contribution is 0.0722. The Labute approximate surface area is 119 Å². The zero-order chi connectivity index (χ0) is 13.9. The second-order valence-electron chi connectivity index (χ2n) is 7.54. The summed E-state index contributed by atoms with van der Waals surface area (Å²) in [7, 11) is 0. The Kier molecular flexibility index (Phi) is 5.27. The van der Waals surface area contributed by atoms with Gasteiger partial charge in [-0.25, -0.2) is 0 Å². The van der Waals surface area contributed by atoms with Crippen LogP contribution in [-0.2, 0) is 4.74 Å². The van der Waals surface area contributed by atoms with Crippen LogP contribution >= 0.6 is 0 Å². The van der Waals surface area contributed by atoms with Gasteiger partial charge < -0.3 is 10.1 Å². The molecule has 3 nitrogen and oxygen atoms in total. The molecule has 0 aromatic rings. The fourth-order valence-electron chi connectivity index (χ4n) is 2.72. The third kappa shape index (κ3) is 5.05. The molecule has 0 amide bonds. The summed E-state index contributed by atoms with van der Waals surface area (Å²) in [5, 5.41) is 3.69. The van der Waals surface area contributed by atoms with Crippen LogP contribution in [0.5, 0.6) is 0 Å². The second-order valence-corrected chi connectivity index (χ2v) is 7.54. The van der Waals surface area contributed by atoms with Crippen molar-refractivity contribution < 1.29 is 4.74 Å². The standard InChI is InChI=1S/C16H32N2O/c1-13-10-17-15(16(2,3)4)11-18(13)8-5-9-19-12-14-6-7-14/h13-15,17H,5-12H2,1-4H3. The highest BCUT2D eigenvalue weighted by Crippen LogP contribution is 2.28. The van der Waals surface area contributed by atoms with Crippen LogP contribution < -0.4 is 5.32 Å². The molecule has 1 saturated carbocycles. The van der Waals surface area contributed by atoms with E-state index in [1.165, 1.54) is 32.4 Å². The number of piperazine rings is 1. The minimum atomic E-state index is 0.348. The molecule has 0 aromatic carbocycles. The van der Waals surface area contributed by atoms with Gasteiger partial charge in [-0.3, -0.25) is 4.90 Å². The molecule has 19 heavy (non-hydrogen) atoms. The molecule has 1 aliphatic heterocycles. The summed E-state index contributed by atoms with van der Waals surface area (Å²) < 4.78 is 5.74. The van der Waals surface area contributed by atoms with Crippen molar-refractivity contribution in [3.8, 4) is 0 Å². The van der Waals surface area contributed by atoms with Gasteiger partial charge in [-0.1, -0.05) is 20.8 Å². The minimum absolute atomic E-state index is 0.348. The van der Waals surface area contributed by atoms with Crippen LogP contribution in [0.3, 0.4) is 0 Å². The van der Waals surface area contributed by atoms with E-state index in [2.05, 4.69) is 37.9 Å². The van der Waals surface area contributed by atoms with Crippen molar-refractivity contribution in [1.29, 1.82) is 0 Å². The third-order valence-electron chi connectivity index (χ3n) is 4.53. The molecular weight excluding hydrogens is 236 g/mol. The molecule has 0 spiro atoms. The highest BCUT2D eigenvalue weighted by Gasteiger charge is 2.31. The average molecular weight is 268 g/mol. The van der Waals surface area contributed by atoms with E-state index in [9.17, 15) is 0 Å². The van der Waals surface area contributed by atoms with Crippen LogP contribution in [0, 0.1) is 11.3 Å². The normalized spacial score (nSPS) is 29.7. The highest BCUT2D eigenvalue weighted by molar-refractivity contribution is 4.90. The van der Waals surface area contributed by atoms with E-state index < -0.39 is 0 Å². The molecule has 2 aliphatic rings. The lowest BCUT2D eigenvalue weighted by Crippen LogP contribution is -2.59. The molecule has 1 N–H and O–H groups in total. The first-order valence-corrected chi connectivity index (χ1v) is 8.02. The van der Waals surface area contributed by atoms with Gasteiger partial charge in [-0.15, -0.1) is 0 Å². The van der Waals surface area contributed by atoms with Gasteiger partial charge in [0.15, 0.2) is 0 Å². The molecule has 1 heterocycles. The number of hydrogen-bond acceptors (Lipinski definition) is 3. The maximum absolute atomic E-state index is 5.74. The van der Waals surface area contributed by atoms with Gasteiger partial charge >= 0.3 is 0 Å². The number of rotatable bonds is 6. The van der Waals surface area contributed by atoms with E-state index in [1.807, 2.05) is 0 Å². The fraction of sp³-hybridized carbons (Fsp3) is 1.00. The van der Waals surface area contributed by atoms with E-state index in [0.29, 0.717) is 17.5 Å². The zero-order valence-corrected chi connectivity index (χ0v) is 13.2. The first-order valence-electron chi connectivity index (χ1n) is 8.02. The van der Waals surface area contributed by atoms with Crippen LogP contribution in [0.1, 0.15) is 47.0 Å². The fourth-order valence-corrected chi connectivity index (χ4v) is 2.72. The van der Waals surface area contributed by atoms with Crippen molar-refractivity contribution in [1.82, 2.24) is 10.2 Å². The lowest BCUT2D eigenvalue weighted by Gasteiger charge is -2.44. The number of nitrogens with one attached hydrogen (secondary N) is 1. The van der Waals surface area contributed by atoms with Gasteiger partial charge in [-0.05, 0) is 37.5 Å². The molecule has 0 bridgehead atoms. The van der Waals surface area contributed by atoms with E-state index in [1.54, 1.807) is 0 Å². The molecule has 0 aromatic heterocycles. The third-order valence-corrected chi connectivity index (χ3v) is 4.53. The number of hydrogen-bond donors (Lipinski definition) is 1. The topological polar surface area (TPSA) is 24.5 Å². The first kappa shape index (κ1) is 15.3. The van der Waals surface area contributed by atoms with E-state index >= 15 is 0 Å². The van der Waals surface area contributed by atoms with Gasteiger partial charge in [0.05, 0.1) is 0 Å². The Morgan fingerprint density at radius 2 is 2.00 bits per heavy atom. The number of nitrogens with zero attached hydrogens (tertiary/aromatic N) is 1. The van der Waals surface area contributed by atoms with Gasteiger partial charge in [0.1, 0.15) is 0 Å². The van der Waals surface area contributed by atoms with Gasteiger partial charge in [-0.2, -0.15) is 0 Å². The van der Waals surface area contributed by atoms with Gasteiger partial charge in [0, 0.05) is 44.9 Å². The predicted octanol–water partition coefficient (Wildman–Crippen LogP) is 2.51. The SMILES string of the molecule is CC1CNC(C(C)(C)C)CN1CCCOCC1CC1. The van der Waals surface area contributed by atoms with E-state index in [-0.39, 0.29) is 0 Å².